The number of pyridine rings is 1. The van der Waals surface area contributed by atoms with E-state index in [1.165, 1.54) is 41.8 Å². The highest BCUT2D eigenvalue weighted by atomic mass is 19.4. The van der Waals surface area contributed by atoms with Crippen molar-refractivity contribution in [1.82, 2.24) is 4.57 Å². The Bertz CT molecular complexity index is 1030. The molecule has 2 aromatic heterocycles. The van der Waals surface area contributed by atoms with Gasteiger partial charge in [0.2, 0.25) is 0 Å². The minimum Gasteiger partial charge on any atom is -0.454 e. The zero-order valence-electron chi connectivity index (χ0n) is 14.2. The lowest BCUT2D eigenvalue weighted by Crippen LogP contribution is -2.18. The van der Waals surface area contributed by atoms with Gasteiger partial charge in [-0.2, -0.15) is 13.2 Å². The molecule has 0 saturated heterocycles. The molecule has 3 aromatic rings. The summed E-state index contributed by atoms with van der Waals surface area (Å²) < 4.78 is 45.7. The van der Waals surface area contributed by atoms with Gasteiger partial charge in [-0.15, -0.1) is 0 Å². The molecule has 27 heavy (non-hydrogen) atoms. The molecular weight excluding hydrogens is 361 g/mol. The molecule has 8 heteroatoms. The Kier molecular flexibility index (Phi) is 4.89. The van der Waals surface area contributed by atoms with Crippen molar-refractivity contribution in [3.63, 3.8) is 0 Å². The Labute approximate surface area is 152 Å². The minimum absolute atomic E-state index is 0.00940. The average Bonchev–Trinajstić information content (AvgIpc) is 3.06. The van der Waals surface area contributed by atoms with E-state index in [1.807, 2.05) is 0 Å². The van der Waals surface area contributed by atoms with Crippen molar-refractivity contribution in [3.8, 4) is 0 Å². The first-order valence-electron chi connectivity index (χ1n) is 7.97. The van der Waals surface area contributed by atoms with Gasteiger partial charge in [-0.3, -0.25) is 9.59 Å². The summed E-state index contributed by atoms with van der Waals surface area (Å²) >= 11 is 0. The molecule has 0 radical (unpaired) electrons. The molecule has 5 nitrogen and oxygen atoms in total. The molecule has 1 aromatic carbocycles. The standard InChI is InChI=1S/C19H15F3N2O3/c1-12-5-6-13(10-15(12)19(20,21)22)23-18(26)16-8-7-14(27-16)11-24-9-3-2-4-17(24)25/h2-10H,11H2,1H3,(H,23,26). The van der Waals surface area contributed by atoms with Crippen LogP contribution in [0.5, 0.6) is 0 Å². The van der Waals surface area contributed by atoms with Crippen molar-refractivity contribution in [2.75, 3.05) is 5.32 Å². The maximum atomic E-state index is 13.0. The van der Waals surface area contributed by atoms with E-state index in [-0.39, 0.29) is 29.1 Å². The molecular formula is C19H15F3N2O3. The van der Waals surface area contributed by atoms with Crippen LogP contribution >= 0.6 is 0 Å². The van der Waals surface area contributed by atoms with Crippen LogP contribution in [-0.2, 0) is 12.7 Å². The second-order valence-corrected chi connectivity index (χ2v) is 5.91. The Hall–Kier alpha value is -3.29. The Balaban J connectivity index is 1.75. The van der Waals surface area contributed by atoms with Gasteiger partial charge in [0.1, 0.15) is 5.76 Å². The fourth-order valence-corrected chi connectivity index (χ4v) is 2.54. The second-order valence-electron chi connectivity index (χ2n) is 5.91. The van der Waals surface area contributed by atoms with Crippen molar-refractivity contribution in [2.45, 2.75) is 19.6 Å². The Morgan fingerprint density at radius 3 is 2.63 bits per heavy atom. The average molecular weight is 376 g/mol. The van der Waals surface area contributed by atoms with Crippen LogP contribution < -0.4 is 10.9 Å². The molecule has 0 aliphatic rings. The van der Waals surface area contributed by atoms with E-state index in [4.69, 9.17) is 4.42 Å². The highest BCUT2D eigenvalue weighted by Gasteiger charge is 2.32. The number of carbonyl (C=O) groups excluding carboxylic acids is 1. The summed E-state index contributed by atoms with van der Waals surface area (Å²) in [5.41, 5.74) is -0.965. The highest BCUT2D eigenvalue weighted by molar-refractivity contribution is 6.02. The number of furan rings is 1. The predicted octanol–water partition coefficient (Wildman–Crippen LogP) is 4.07. The first kappa shape index (κ1) is 18.5. The van der Waals surface area contributed by atoms with E-state index >= 15 is 0 Å². The molecule has 0 bridgehead atoms. The van der Waals surface area contributed by atoms with Gasteiger partial charge < -0.3 is 14.3 Å². The Morgan fingerprint density at radius 2 is 1.93 bits per heavy atom. The lowest BCUT2D eigenvalue weighted by atomic mass is 10.1. The molecule has 3 rings (SSSR count). The molecule has 1 N–H and O–H groups in total. The number of amides is 1. The van der Waals surface area contributed by atoms with E-state index in [0.29, 0.717) is 5.76 Å². The molecule has 0 aliphatic carbocycles. The van der Waals surface area contributed by atoms with E-state index in [0.717, 1.165) is 6.07 Å². The van der Waals surface area contributed by atoms with Crippen molar-refractivity contribution < 1.29 is 22.4 Å². The number of halogens is 3. The number of benzene rings is 1. The summed E-state index contributed by atoms with van der Waals surface area (Å²) in [4.78, 5) is 23.9. The Morgan fingerprint density at radius 1 is 1.15 bits per heavy atom. The number of hydrogen-bond donors (Lipinski definition) is 1. The van der Waals surface area contributed by atoms with Crippen LogP contribution in [0.1, 0.15) is 27.4 Å². The van der Waals surface area contributed by atoms with Crippen molar-refractivity contribution in [1.29, 1.82) is 0 Å². The van der Waals surface area contributed by atoms with E-state index in [1.54, 1.807) is 18.3 Å². The van der Waals surface area contributed by atoms with Crippen LogP contribution in [0.3, 0.4) is 0 Å². The summed E-state index contributed by atoms with van der Waals surface area (Å²) in [5, 5.41) is 2.39. The number of anilines is 1. The van der Waals surface area contributed by atoms with Crippen LogP contribution in [0.25, 0.3) is 0 Å². The third kappa shape index (κ3) is 4.28. The summed E-state index contributed by atoms with van der Waals surface area (Å²) in [6.45, 7) is 1.48. The molecule has 0 saturated carbocycles. The minimum atomic E-state index is -4.51. The summed E-state index contributed by atoms with van der Waals surface area (Å²) in [5.74, 6) is -0.380. The van der Waals surface area contributed by atoms with Crippen molar-refractivity contribution in [2.24, 2.45) is 0 Å². The molecule has 0 unspecified atom stereocenters. The number of hydrogen-bond acceptors (Lipinski definition) is 3. The maximum Gasteiger partial charge on any atom is 0.416 e. The zero-order chi connectivity index (χ0) is 19.6. The molecule has 140 valence electrons. The van der Waals surface area contributed by atoms with Gasteiger partial charge in [0.25, 0.3) is 11.5 Å². The van der Waals surface area contributed by atoms with Gasteiger partial charge in [0.15, 0.2) is 5.76 Å². The van der Waals surface area contributed by atoms with Crippen LogP contribution in [-0.4, -0.2) is 10.5 Å². The van der Waals surface area contributed by atoms with Gasteiger partial charge in [0.05, 0.1) is 12.1 Å². The number of alkyl halides is 3. The lowest BCUT2D eigenvalue weighted by molar-refractivity contribution is -0.138. The number of carbonyl (C=O) groups is 1. The SMILES string of the molecule is Cc1ccc(NC(=O)c2ccc(Cn3ccccc3=O)o2)cc1C(F)(F)F. The van der Waals surface area contributed by atoms with Crippen molar-refractivity contribution >= 4 is 11.6 Å². The number of nitrogens with one attached hydrogen (secondary N) is 1. The molecule has 0 spiro atoms. The van der Waals surface area contributed by atoms with Gasteiger partial charge in [-0.1, -0.05) is 12.1 Å². The third-order valence-corrected chi connectivity index (χ3v) is 3.91. The fourth-order valence-electron chi connectivity index (χ4n) is 2.54. The molecule has 0 atom stereocenters. The van der Waals surface area contributed by atoms with Gasteiger partial charge in [-0.25, -0.2) is 0 Å². The van der Waals surface area contributed by atoms with Crippen LogP contribution in [0.15, 0.2) is 63.9 Å². The summed E-state index contributed by atoms with van der Waals surface area (Å²) in [6, 6.07) is 11.2. The highest BCUT2D eigenvalue weighted by Crippen LogP contribution is 2.33. The predicted molar refractivity (Wildman–Crippen MR) is 92.6 cm³/mol. The molecule has 2 heterocycles. The maximum absolute atomic E-state index is 13.0. The van der Waals surface area contributed by atoms with Crippen LogP contribution in [0.4, 0.5) is 18.9 Å². The topological polar surface area (TPSA) is 64.2 Å². The summed E-state index contributed by atoms with van der Waals surface area (Å²) in [7, 11) is 0. The quantitative estimate of drug-likeness (QED) is 0.747. The number of aromatic nitrogens is 1. The van der Waals surface area contributed by atoms with Crippen molar-refractivity contribution in [3.05, 3.63) is 87.7 Å². The first-order chi connectivity index (χ1) is 12.7. The summed E-state index contributed by atoms with van der Waals surface area (Å²) in [6.07, 6.45) is -2.93. The van der Waals surface area contributed by atoms with E-state index in [9.17, 15) is 22.8 Å². The smallest absolute Gasteiger partial charge is 0.416 e. The number of rotatable bonds is 4. The second kappa shape index (κ2) is 7.14. The van der Waals surface area contributed by atoms with Crippen LogP contribution in [0, 0.1) is 6.92 Å². The fraction of sp³-hybridized carbons (Fsp3) is 0.158. The largest absolute Gasteiger partial charge is 0.454 e. The number of nitrogens with zero attached hydrogens (tertiary/aromatic N) is 1. The molecule has 0 aliphatic heterocycles. The van der Waals surface area contributed by atoms with E-state index in [2.05, 4.69) is 5.32 Å². The monoisotopic (exact) mass is 376 g/mol. The normalized spacial score (nSPS) is 11.4. The number of aryl methyl sites for hydroxylation is 1. The van der Waals surface area contributed by atoms with Gasteiger partial charge in [-0.05, 0) is 42.8 Å². The van der Waals surface area contributed by atoms with Crippen LogP contribution in [0.2, 0.25) is 0 Å². The molecule has 1 amide bonds. The lowest BCUT2D eigenvalue weighted by Gasteiger charge is -2.12. The van der Waals surface area contributed by atoms with Gasteiger partial charge in [0, 0.05) is 18.0 Å². The first-order valence-corrected chi connectivity index (χ1v) is 7.97. The third-order valence-electron chi connectivity index (χ3n) is 3.91. The van der Waals surface area contributed by atoms with E-state index < -0.39 is 17.6 Å². The van der Waals surface area contributed by atoms with Gasteiger partial charge >= 0.3 is 6.18 Å². The zero-order valence-corrected chi connectivity index (χ0v) is 14.2. The molecule has 0 fully saturated rings.